The van der Waals surface area contributed by atoms with E-state index in [1.165, 1.54) is 56.3 Å². The number of hydrogen-bond donors (Lipinski definition) is 1. The van der Waals surface area contributed by atoms with Crippen molar-refractivity contribution in [1.82, 2.24) is 10.2 Å². The number of piperidine rings is 1. The SMILES string of the molecule is Cc1oc2ccccc2c1CN1CCC(NCC2CC2)CC1. The van der Waals surface area contributed by atoms with E-state index in [0.717, 1.165) is 29.8 Å². The highest BCUT2D eigenvalue weighted by Crippen LogP contribution is 2.29. The molecule has 3 nitrogen and oxygen atoms in total. The van der Waals surface area contributed by atoms with Gasteiger partial charge in [0.05, 0.1) is 0 Å². The molecule has 1 saturated heterocycles. The Morgan fingerprint density at radius 2 is 1.91 bits per heavy atom. The summed E-state index contributed by atoms with van der Waals surface area (Å²) in [6, 6.07) is 9.14. The summed E-state index contributed by atoms with van der Waals surface area (Å²) in [6.07, 6.45) is 5.44. The second-order valence-electron chi connectivity index (χ2n) is 7.04. The maximum absolute atomic E-state index is 5.89. The third kappa shape index (κ3) is 3.06. The molecule has 0 atom stereocenters. The van der Waals surface area contributed by atoms with E-state index in [1.54, 1.807) is 0 Å². The minimum absolute atomic E-state index is 0.735. The molecule has 2 fully saturated rings. The maximum Gasteiger partial charge on any atom is 0.134 e. The average Bonchev–Trinajstić information content (AvgIpc) is 3.32. The number of hydrogen-bond acceptors (Lipinski definition) is 3. The number of nitrogens with zero attached hydrogens (tertiary/aromatic N) is 1. The zero-order valence-corrected chi connectivity index (χ0v) is 13.5. The first-order valence-corrected chi connectivity index (χ1v) is 8.72. The molecule has 0 bridgehead atoms. The van der Waals surface area contributed by atoms with Crippen molar-refractivity contribution in [2.24, 2.45) is 5.92 Å². The van der Waals surface area contributed by atoms with Crippen molar-refractivity contribution in [2.75, 3.05) is 19.6 Å². The van der Waals surface area contributed by atoms with Crippen molar-refractivity contribution in [3.63, 3.8) is 0 Å². The van der Waals surface area contributed by atoms with Gasteiger partial charge >= 0.3 is 0 Å². The van der Waals surface area contributed by atoms with Crippen LogP contribution in [-0.2, 0) is 6.54 Å². The number of furan rings is 1. The molecule has 0 radical (unpaired) electrons. The van der Waals surface area contributed by atoms with E-state index in [9.17, 15) is 0 Å². The van der Waals surface area contributed by atoms with E-state index >= 15 is 0 Å². The van der Waals surface area contributed by atoms with Gasteiger partial charge in [-0.1, -0.05) is 18.2 Å². The standard InChI is InChI=1S/C19H26N2O/c1-14-18(17-4-2-3-5-19(17)22-14)13-21-10-8-16(9-11-21)20-12-15-6-7-15/h2-5,15-16,20H,6-13H2,1H3. The lowest BCUT2D eigenvalue weighted by atomic mass is 10.0. The molecular weight excluding hydrogens is 272 g/mol. The van der Waals surface area contributed by atoms with Crippen LogP contribution in [0.5, 0.6) is 0 Å². The van der Waals surface area contributed by atoms with E-state index in [2.05, 4.69) is 35.3 Å². The van der Waals surface area contributed by atoms with Crippen LogP contribution in [0.15, 0.2) is 28.7 Å². The zero-order valence-electron chi connectivity index (χ0n) is 13.5. The molecule has 22 heavy (non-hydrogen) atoms. The molecule has 3 heteroatoms. The molecule has 1 aliphatic heterocycles. The van der Waals surface area contributed by atoms with Crippen molar-refractivity contribution >= 4 is 11.0 Å². The highest BCUT2D eigenvalue weighted by Gasteiger charge is 2.25. The van der Waals surface area contributed by atoms with E-state index in [1.807, 2.05) is 6.07 Å². The summed E-state index contributed by atoms with van der Waals surface area (Å²) >= 11 is 0. The number of aryl methyl sites for hydroxylation is 1. The van der Waals surface area contributed by atoms with Crippen molar-refractivity contribution in [1.29, 1.82) is 0 Å². The predicted molar refractivity (Wildman–Crippen MR) is 90.0 cm³/mol. The monoisotopic (exact) mass is 298 g/mol. The Bertz CT molecular complexity index is 636. The summed E-state index contributed by atoms with van der Waals surface area (Å²) in [4.78, 5) is 2.58. The Morgan fingerprint density at radius 1 is 1.14 bits per heavy atom. The van der Waals surface area contributed by atoms with E-state index in [0.29, 0.717) is 0 Å². The minimum Gasteiger partial charge on any atom is -0.461 e. The summed E-state index contributed by atoms with van der Waals surface area (Å²) in [5, 5.41) is 5.04. The quantitative estimate of drug-likeness (QED) is 0.912. The molecule has 1 aromatic heterocycles. The van der Waals surface area contributed by atoms with Gasteiger partial charge < -0.3 is 9.73 Å². The van der Waals surface area contributed by atoms with Crippen LogP contribution in [-0.4, -0.2) is 30.6 Å². The molecular formula is C19H26N2O. The fourth-order valence-electron chi connectivity index (χ4n) is 3.59. The molecule has 1 saturated carbocycles. The van der Waals surface area contributed by atoms with E-state index in [4.69, 9.17) is 4.42 Å². The Labute approximate surface area is 132 Å². The summed E-state index contributed by atoms with van der Waals surface area (Å²) in [6.45, 7) is 6.76. The number of likely N-dealkylation sites (tertiary alicyclic amines) is 1. The van der Waals surface area contributed by atoms with Crippen LogP contribution in [0.1, 0.15) is 37.0 Å². The topological polar surface area (TPSA) is 28.4 Å². The fourth-order valence-corrected chi connectivity index (χ4v) is 3.59. The zero-order chi connectivity index (χ0) is 14.9. The molecule has 1 aromatic carbocycles. The van der Waals surface area contributed by atoms with Gasteiger partial charge in [0.1, 0.15) is 11.3 Å². The number of nitrogens with one attached hydrogen (secondary N) is 1. The first kappa shape index (κ1) is 14.3. The lowest BCUT2D eigenvalue weighted by Gasteiger charge is -2.32. The van der Waals surface area contributed by atoms with Crippen LogP contribution in [0.2, 0.25) is 0 Å². The van der Waals surface area contributed by atoms with Crippen molar-refractivity contribution in [3.8, 4) is 0 Å². The smallest absolute Gasteiger partial charge is 0.134 e. The lowest BCUT2D eigenvalue weighted by Crippen LogP contribution is -2.42. The van der Waals surface area contributed by atoms with Crippen LogP contribution < -0.4 is 5.32 Å². The Kier molecular flexibility index (Phi) is 3.93. The van der Waals surface area contributed by atoms with Crippen molar-refractivity contribution in [2.45, 2.75) is 45.2 Å². The third-order valence-electron chi connectivity index (χ3n) is 5.26. The molecule has 0 unspecified atom stereocenters. The molecule has 1 aliphatic carbocycles. The highest BCUT2D eigenvalue weighted by atomic mass is 16.3. The van der Waals surface area contributed by atoms with Crippen molar-refractivity contribution in [3.05, 3.63) is 35.6 Å². The van der Waals surface area contributed by atoms with Gasteiger partial charge in [0.2, 0.25) is 0 Å². The maximum atomic E-state index is 5.89. The molecule has 2 aromatic rings. The van der Waals surface area contributed by atoms with Crippen LogP contribution in [0.3, 0.4) is 0 Å². The minimum atomic E-state index is 0.735. The van der Waals surface area contributed by atoms with Crippen LogP contribution >= 0.6 is 0 Å². The van der Waals surface area contributed by atoms with Gasteiger partial charge in [0, 0.05) is 23.5 Å². The van der Waals surface area contributed by atoms with Gasteiger partial charge in [-0.25, -0.2) is 0 Å². The Hall–Kier alpha value is -1.32. The molecule has 0 amide bonds. The predicted octanol–water partition coefficient (Wildman–Crippen LogP) is 3.71. The van der Waals surface area contributed by atoms with Crippen LogP contribution in [0.4, 0.5) is 0 Å². The molecule has 1 N–H and O–H groups in total. The second kappa shape index (κ2) is 6.05. The Morgan fingerprint density at radius 3 is 2.68 bits per heavy atom. The van der Waals surface area contributed by atoms with Gasteiger partial charge in [-0.3, -0.25) is 4.90 Å². The van der Waals surface area contributed by atoms with Gasteiger partial charge in [-0.15, -0.1) is 0 Å². The van der Waals surface area contributed by atoms with Crippen LogP contribution in [0, 0.1) is 12.8 Å². The lowest BCUT2D eigenvalue weighted by molar-refractivity contribution is 0.190. The second-order valence-corrected chi connectivity index (χ2v) is 7.04. The highest BCUT2D eigenvalue weighted by molar-refractivity contribution is 5.82. The average molecular weight is 298 g/mol. The van der Waals surface area contributed by atoms with Crippen molar-refractivity contribution < 1.29 is 4.42 Å². The largest absolute Gasteiger partial charge is 0.461 e. The molecule has 118 valence electrons. The first-order chi connectivity index (χ1) is 10.8. The van der Waals surface area contributed by atoms with Gasteiger partial charge in [-0.05, 0) is 64.2 Å². The van der Waals surface area contributed by atoms with Gasteiger partial charge in [-0.2, -0.15) is 0 Å². The molecule has 4 rings (SSSR count). The summed E-state index contributed by atoms with van der Waals surface area (Å²) in [5.74, 6) is 2.06. The summed E-state index contributed by atoms with van der Waals surface area (Å²) < 4.78 is 5.89. The molecule has 0 spiro atoms. The Balaban J connectivity index is 1.36. The number of para-hydroxylation sites is 1. The number of benzene rings is 1. The molecule has 2 heterocycles. The third-order valence-corrected chi connectivity index (χ3v) is 5.26. The summed E-state index contributed by atoms with van der Waals surface area (Å²) in [5.41, 5.74) is 2.40. The number of fused-ring (bicyclic) bond motifs is 1. The van der Waals surface area contributed by atoms with Crippen LogP contribution in [0.25, 0.3) is 11.0 Å². The van der Waals surface area contributed by atoms with E-state index in [-0.39, 0.29) is 0 Å². The first-order valence-electron chi connectivity index (χ1n) is 8.72. The van der Waals surface area contributed by atoms with Gasteiger partial charge in [0.25, 0.3) is 0 Å². The van der Waals surface area contributed by atoms with E-state index < -0.39 is 0 Å². The normalized spacial score (nSPS) is 20.8. The number of rotatable bonds is 5. The fraction of sp³-hybridized carbons (Fsp3) is 0.579. The van der Waals surface area contributed by atoms with Gasteiger partial charge in [0.15, 0.2) is 0 Å². The molecule has 2 aliphatic rings. The summed E-state index contributed by atoms with van der Waals surface area (Å²) in [7, 11) is 0.